The number of aromatic nitrogens is 1. The number of aliphatic hydroxyl groups excluding tert-OH is 1. The normalized spacial score (nSPS) is 13.3. The van der Waals surface area contributed by atoms with Crippen LogP contribution in [-0.4, -0.2) is 21.4 Å². The Morgan fingerprint density at radius 3 is 2.59 bits per heavy atom. The highest BCUT2D eigenvalue weighted by atomic mass is 16.6. The van der Waals surface area contributed by atoms with Gasteiger partial charge >= 0.3 is 6.09 Å². The van der Waals surface area contributed by atoms with Crippen molar-refractivity contribution in [2.75, 3.05) is 5.32 Å². The van der Waals surface area contributed by atoms with Gasteiger partial charge in [0.05, 0.1) is 11.4 Å². The maximum atomic E-state index is 11.5. The van der Waals surface area contributed by atoms with Crippen LogP contribution < -0.4 is 11.1 Å². The molecule has 0 saturated carbocycles. The fourth-order valence-corrected chi connectivity index (χ4v) is 1.37. The molecule has 0 fully saturated rings. The van der Waals surface area contributed by atoms with E-state index in [0.717, 1.165) is 0 Å². The summed E-state index contributed by atoms with van der Waals surface area (Å²) in [6.07, 6.45) is 0.0327. The predicted molar refractivity (Wildman–Crippen MR) is 64.4 cm³/mol. The Labute approximate surface area is 100 Å². The number of hydrogen-bond acceptors (Lipinski definition) is 4. The van der Waals surface area contributed by atoms with E-state index in [1.807, 2.05) is 0 Å². The minimum Gasteiger partial charge on any atom is -0.444 e. The number of aliphatic hydroxyl groups is 1. The van der Waals surface area contributed by atoms with Crippen LogP contribution in [0.25, 0.3) is 0 Å². The van der Waals surface area contributed by atoms with Gasteiger partial charge in [0, 0.05) is 13.2 Å². The van der Waals surface area contributed by atoms with Crippen molar-refractivity contribution in [2.45, 2.75) is 32.6 Å². The lowest BCUT2D eigenvalue weighted by atomic mass is 10.2. The predicted octanol–water partition coefficient (Wildman–Crippen LogP) is 1.32. The summed E-state index contributed by atoms with van der Waals surface area (Å²) < 4.78 is 6.73. The van der Waals surface area contributed by atoms with Crippen LogP contribution in [0.4, 0.5) is 10.5 Å². The highest BCUT2D eigenvalue weighted by Gasteiger charge is 2.17. The van der Waals surface area contributed by atoms with Crippen LogP contribution in [0.2, 0.25) is 0 Å². The van der Waals surface area contributed by atoms with Crippen molar-refractivity contribution >= 4 is 11.8 Å². The molecular weight excluding hydrogens is 222 g/mol. The maximum Gasteiger partial charge on any atom is 0.412 e. The Bertz CT molecular complexity index is 405. The van der Waals surface area contributed by atoms with Crippen LogP contribution in [0.5, 0.6) is 0 Å². The van der Waals surface area contributed by atoms with E-state index in [9.17, 15) is 9.90 Å². The second kappa shape index (κ2) is 4.77. The van der Waals surface area contributed by atoms with Crippen molar-refractivity contribution in [2.24, 2.45) is 12.8 Å². The molecule has 1 aromatic rings. The second-order valence-electron chi connectivity index (χ2n) is 4.84. The lowest BCUT2D eigenvalue weighted by Gasteiger charge is -2.19. The fourth-order valence-electron chi connectivity index (χ4n) is 1.37. The van der Waals surface area contributed by atoms with E-state index < -0.39 is 17.9 Å². The molecule has 0 spiro atoms. The number of aryl methyl sites for hydroxylation is 1. The van der Waals surface area contributed by atoms with Crippen molar-refractivity contribution in [3.63, 3.8) is 0 Å². The monoisotopic (exact) mass is 241 g/mol. The summed E-state index contributed by atoms with van der Waals surface area (Å²) in [6.45, 7) is 5.35. The molecule has 0 aromatic carbocycles. The number of nitrogens with one attached hydrogen (secondary N) is 1. The topological polar surface area (TPSA) is 89.5 Å². The number of rotatable bonds is 2. The summed E-state index contributed by atoms with van der Waals surface area (Å²) in [4.78, 5) is 11.5. The van der Waals surface area contributed by atoms with E-state index in [-0.39, 0.29) is 0 Å². The lowest BCUT2D eigenvalue weighted by molar-refractivity contribution is 0.0636. The van der Waals surface area contributed by atoms with E-state index in [1.165, 1.54) is 0 Å². The molecule has 1 rings (SSSR count). The van der Waals surface area contributed by atoms with Crippen LogP contribution >= 0.6 is 0 Å². The summed E-state index contributed by atoms with van der Waals surface area (Å²) in [5.74, 6) is 0. The van der Waals surface area contributed by atoms with E-state index in [4.69, 9.17) is 10.5 Å². The SMILES string of the molecule is Cn1cc(NC(=O)OC(C)(C)C)cc1C(N)O. The van der Waals surface area contributed by atoms with Gasteiger partial charge < -0.3 is 20.1 Å². The number of carbonyl (C=O) groups is 1. The number of amides is 1. The Morgan fingerprint density at radius 1 is 1.59 bits per heavy atom. The Hall–Kier alpha value is -1.53. The molecule has 0 aliphatic heterocycles. The third kappa shape index (κ3) is 4.08. The van der Waals surface area contributed by atoms with Gasteiger partial charge in [0.1, 0.15) is 11.8 Å². The summed E-state index contributed by atoms with van der Waals surface area (Å²) >= 11 is 0. The molecule has 1 unspecified atom stereocenters. The molecule has 1 amide bonds. The van der Waals surface area contributed by atoms with Crippen molar-refractivity contribution in [1.82, 2.24) is 4.57 Å². The lowest BCUT2D eigenvalue weighted by Crippen LogP contribution is -2.27. The van der Waals surface area contributed by atoms with E-state index in [0.29, 0.717) is 11.4 Å². The standard InChI is InChI=1S/C11H19N3O3/c1-11(2,3)17-10(16)13-7-5-8(9(12)15)14(4)6-7/h5-6,9,15H,12H2,1-4H3,(H,13,16). The maximum absolute atomic E-state index is 11.5. The zero-order valence-electron chi connectivity index (χ0n) is 10.5. The molecule has 0 bridgehead atoms. The number of carbonyl (C=O) groups excluding carboxylic acids is 1. The van der Waals surface area contributed by atoms with Crippen LogP contribution in [0.15, 0.2) is 12.3 Å². The molecule has 0 radical (unpaired) electrons. The van der Waals surface area contributed by atoms with Gasteiger partial charge in [-0.15, -0.1) is 0 Å². The van der Waals surface area contributed by atoms with E-state index in [1.54, 1.807) is 44.6 Å². The van der Waals surface area contributed by atoms with E-state index in [2.05, 4.69) is 5.32 Å². The molecular formula is C11H19N3O3. The molecule has 0 aliphatic carbocycles. The van der Waals surface area contributed by atoms with Gasteiger partial charge in [-0.2, -0.15) is 0 Å². The number of anilines is 1. The number of ether oxygens (including phenoxy) is 1. The number of nitrogens with two attached hydrogens (primary N) is 1. The van der Waals surface area contributed by atoms with Crippen LogP contribution in [-0.2, 0) is 11.8 Å². The summed E-state index contributed by atoms with van der Waals surface area (Å²) in [5.41, 5.74) is 5.84. The Morgan fingerprint density at radius 2 is 2.18 bits per heavy atom. The molecule has 6 nitrogen and oxygen atoms in total. The molecule has 17 heavy (non-hydrogen) atoms. The molecule has 4 N–H and O–H groups in total. The summed E-state index contributed by atoms with van der Waals surface area (Å²) in [7, 11) is 1.73. The van der Waals surface area contributed by atoms with Crippen LogP contribution in [0.3, 0.4) is 0 Å². The minimum absolute atomic E-state index is 0.510. The van der Waals surface area contributed by atoms with Crippen molar-refractivity contribution in [3.05, 3.63) is 18.0 Å². The highest BCUT2D eigenvalue weighted by Crippen LogP contribution is 2.17. The van der Waals surface area contributed by atoms with Gasteiger partial charge in [0.15, 0.2) is 0 Å². The first kappa shape index (κ1) is 13.5. The molecule has 1 atom stereocenters. The molecule has 1 aromatic heterocycles. The van der Waals surface area contributed by atoms with Crippen molar-refractivity contribution in [1.29, 1.82) is 0 Å². The Balaban J connectivity index is 2.70. The third-order valence-corrected chi connectivity index (χ3v) is 1.99. The zero-order chi connectivity index (χ0) is 13.2. The summed E-state index contributed by atoms with van der Waals surface area (Å²) in [6, 6.07) is 1.59. The first-order chi connectivity index (χ1) is 7.69. The third-order valence-electron chi connectivity index (χ3n) is 1.99. The van der Waals surface area contributed by atoms with Gasteiger partial charge in [0.2, 0.25) is 0 Å². The quantitative estimate of drug-likeness (QED) is 0.681. The van der Waals surface area contributed by atoms with Crippen LogP contribution in [0.1, 0.15) is 32.7 Å². The van der Waals surface area contributed by atoms with Gasteiger partial charge in [-0.1, -0.05) is 0 Å². The van der Waals surface area contributed by atoms with Crippen molar-refractivity contribution in [3.8, 4) is 0 Å². The second-order valence-corrected chi connectivity index (χ2v) is 4.84. The number of nitrogens with zero attached hydrogens (tertiary/aromatic N) is 1. The molecule has 0 saturated heterocycles. The first-order valence-electron chi connectivity index (χ1n) is 5.29. The molecule has 6 heteroatoms. The molecule has 1 heterocycles. The zero-order valence-corrected chi connectivity index (χ0v) is 10.5. The van der Waals surface area contributed by atoms with Gasteiger partial charge in [0.25, 0.3) is 0 Å². The summed E-state index contributed by atoms with van der Waals surface area (Å²) in [5, 5.41) is 11.8. The average Bonchev–Trinajstić information content (AvgIpc) is 2.42. The Kier molecular flexibility index (Phi) is 3.79. The van der Waals surface area contributed by atoms with E-state index >= 15 is 0 Å². The molecule has 96 valence electrons. The minimum atomic E-state index is -1.07. The fraction of sp³-hybridized carbons (Fsp3) is 0.545. The van der Waals surface area contributed by atoms with Crippen molar-refractivity contribution < 1.29 is 14.6 Å². The molecule has 0 aliphatic rings. The van der Waals surface area contributed by atoms with Gasteiger partial charge in [-0.05, 0) is 26.8 Å². The average molecular weight is 241 g/mol. The largest absolute Gasteiger partial charge is 0.444 e. The first-order valence-corrected chi connectivity index (χ1v) is 5.29. The van der Waals surface area contributed by atoms with Gasteiger partial charge in [-0.3, -0.25) is 5.32 Å². The smallest absolute Gasteiger partial charge is 0.412 e. The number of hydrogen-bond donors (Lipinski definition) is 3. The van der Waals surface area contributed by atoms with Crippen LogP contribution in [0, 0.1) is 0 Å². The van der Waals surface area contributed by atoms with Gasteiger partial charge in [-0.25, -0.2) is 4.79 Å². The highest BCUT2D eigenvalue weighted by molar-refractivity contribution is 5.84.